The van der Waals surface area contributed by atoms with Gasteiger partial charge in [0.15, 0.2) is 0 Å². The Morgan fingerprint density at radius 3 is 2.71 bits per heavy atom. The molecule has 0 aromatic rings. The minimum absolute atomic E-state index is 0.127. The normalized spacial score (nSPS) is 19.0. The highest BCUT2D eigenvalue weighted by atomic mass is 16.2. The molecule has 1 N–H and O–H groups in total. The summed E-state index contributed by atoms with van der Waals surface area (Å²) in [6.07, 6.45) is 0. The molecule has 7 heavy (non-hydrogen) atoms. The van der Waals surface area contributed by atoms with Gasteiger partial charge in [-0.05, 0) is 0 Å². The smallest absolute Gasteiger partial charge is 0.247 e. The molecule has 1 aliphatic heterocycles. The molecule has 0 fully saturated rings. The summed E-state index contributed by atoms with van der Waals surface area (Å²) in [4.78, 5) is 13.7. The number of carbonyl (C=O) groups is 1. The maximum Gasteiger partial charge on any atom is 0.247 e. The lowest BCUT2D eigenvalue weighted by Crippen LogP contribution is -2.21. The van der Waals surface area contributed by atoms with Gasteiger partial charge in [0.25, 0.3) is 0 Å². The van der Waals surface area contributed by atoms with Crippen molar-refractivity contribution in [3.63, 3.8) is 0 Å². The Morgan fingerprint density at radius 2 is 2.57 bits per heavy atom. The zero-order chi connectivity index (χ0) is 5.28. The lowest BCUT2D eigenvalue weighted by molar-refractivity contribution is -0.117. The van der Waals surface area contributed by atoms with Crippen molar-refractivity contribution in [3.8, 4) is 0 Å². The zero-order valence-corrected chi connectivity index (χ0v) is 3.64. The first kappa shape index (κ1) is 4.30. The number of hydrogen-bond acceptors (Lipinski definition) is 2. The maximum atomic E-state index is 10.1. The van der Waals surface area contributed by atoms with Crippen molar-refractivity contribution in [1.29, 1.82) is 0 Å². The Balaban J connectivity index is 2.58. The van der Waals surface area contributed by atoms with Crippen LogP contribution >= 0.6 is 0 Å². The fourth-order valence-corrected chi connectivity index (χ4v) is 0.379. The highest BCUT2D eigenvalue weighted by Crippen LogP contribution is 1.82. The van der Waals surface area contributed by atoms with E-state index >= 15 is 0 Å². The highest BCUT2D eigenvalue weighted by Gasteiger charge is 2.06. The fourth-order valence-electron chi connectivity index (χ4n) is 0.379. The average Bonchev–Trinajstić information content (AvgIpc) is 1.87. The number of nitrogens with zero attached hydrogens (tertiary/aromatic N) is 1. The molecule has 36 valence electrons. The number of amides is 1. The molecular weight excluding hydrogens is 92.1 g/mol. The van der Waals surface area contributed by atoms with Crippen molar-refractivity contribution in [2.24, 2.45) is 4.99 Å². The van der Waals surface area contributed by atoms with Gasteiger partial charge in [0.1, 0.15) is 12.4 Å². The van der Waals surface area contributed by atoms with E-state index in [-0.39, 0.29) is 18.3 Å². The summed E-state index contributed by atoms with van der Waals surface area (Å²) in [7, 11) is 0. The predicted molar refractivity (Wildman–Crippen MR) is 24.7 cm³/mol. The van der Waals surface area contributed by atoms with Crippen LogP contribution in [0.25, 0.3) is 0 Å². The van der Waals surface area contributed by atoms with E-state index in [0.717, 1.165) is 0 Å². The molecule has 3 nitrogen and oxygen atoms in total. The molecule has 1 heterocycles. The molecule has 0 aromatic heterocycles. The summed E-state index contributed by atoms with van der Waals surface area (Å²) >= 11 is 0. The molecule has 3 heteroatoms. The Kier molecular flexibility index (Phi) is 0.817. The van der Waals surface area contributed by atoms with E-state index in [1.165, 1.54) is 0 Å². The molecule has 0 unspecified atom stereocenters. The largest absolute Gasteiger partial charge is 0.313 e. The van der Waals surface area contributed by atoms with Crippen LogP contribution in [0, 0.1) is 6.92 Å². The summed E-state index contributed by atoms with van der Waals surface area (Å²) in [5, 5.41) is 2.31. The lowest BCUT2D eigenvalue weighted by Gasteiger charge is -1.84. The van der Waals surface area contributed by atoms with E-state index in [9.17, 15) is 4.79 Å². The maximum absolute atomic E-state index is 10.1. The number of nitrogens with one attached hydrogen (secondary N) is 1. The fraction of sp³-hybridized carbons (Fsp3) is 0.250. The number of hydrogen-bond donors (Lipinski definition) is 1. The highest BCUT2D eigenvalue weighted by molar-refractivity contribution is 6.05. The molecule has 0 bridgehead atoms. The van der Waals surface area contributed by atoms with Gasteiger partial charge in [0.2, 0.25) is 5.91 Å². The van der Waals surface area contributed by atoms with Crippen LogP contribution in [0.5, 0.6) is 0 Å². The Morgan fingerprint density at radius 1 is 1.86 bits per heavy atom. The monoisotopic (exact) mass is 96.0 g/mol. The molecule has 0 saturated carbocycles. The van der Waals surface area contributed by atoms with Crippen LogP contribution in [0.15, 0.2) is 4.99 Å². The van der Waals surface area contributed by atoms with E-state index in [1.54, 1.807) is 0 Å². The minimum Gasteiger partial charge on any atom is -0.313 e. The van der Waals surface area contributed by atoms with Gasteiger partial charge >= 0.3 is 0 Å². The predicted octanol–water partition coefficient (Wildman–Crippen LogP) is -0.774. The van der Waals surface area contributed by atoms with Gasteiger partial charge in [-0.15, -0.1) is 0 Å². The third kappa shape index (κ3) is 0.765. The number of amidine groups is 1. The second-order valence-corrected chi connectivity index (χ2v) is 1.25. The Labute approximate surface area is 41.4 Å². The molecule has 2 radical (unpaired) electrons. The van der Waals surface area contributed by atoms with Crippen molar-refractivity contribution in [1.82, 2.24) is 5.32 Å². The summed E-state index contributed by atoms with van der Waals surface area (Å²) in [6, 6.07) is 0. The van der Waals surface area contributed by atoms with Gasteiger partial charge < -0.3 is 5.32 Å². The molecule has 1 amide bonds. The third-order valence-electron chi connectivity index (χ3n) is 0.660. The summed E-state index contributed by atoms with van der Waals surface area (Å²) < 4.78 is 0. The Hall–Kier alpha value is -0.860. The van der Waals surface area contributed by atoms with E-state index < -0.39 is 0 Å². The molecule has 0 spiro atoms. The molecular formula is C4H4N2O. The molecule has 0 saturated heterocycles. The van der Waals surface area contributed by atoms with E-state index in [1.807, 2.05) is 0 Å². The van der Waals surface area contributed by atoms with E-state index in [0.29, 0.717) is 0 Å². The van der Waals surface area contributed by atoms with E-state index in [4.69, 9.17) is 6.92 Å². The van der Waals surface area contributed by atoms with Crippen LogP contribution in [-0.2, 0) is 4.79 Å². The minimum atomic E-state index is -0.127. The standard InChI is InChI=1S/C4H4N2O/c1-3-5-2-4(7)6-3/h1H,2H2,(H,5,6,7). The first-order valence-electron chi connectivity index (χ1n) is 1.89. The van der Waals surface area contributed by atoms with Crippen LogP contribution in [0.3, 0.4) is 0 Å². The summed E-state index contributed by atoms with van der Waals surface area (Å²) in [6.45, 7) is 5.23. The van der Waals surface area contributed by atoms with Gasteiger partial charge in [0, 0.05) is 6.92 Å². The first-order valence-corrected chi connectivity index (χ1v) is 1.89. The van der Waals surface area contributed by atoms with Gasteiger partial charge in [-0.1, -0.05) is 0 Å². The van der Waals surface area contributed by atoms with Crippen molar-refractivity contribution < 1.29 is 4.79 Å². The first-order chi connectivity index (χ1) is 3.29. The van der Waals surface area contributed by atoms with Crippen molar-refractivity contribution in [2.45, 2.75) is 0 Å². The zero-order valence-electron chi connectivity index (χ0n) is 3.64. The third-order valence-corrected chi connectivity index (χ3v) is 0.660. The van der Waals surface area contributed by atoms with E-state index in [2.05, 4.69) is 10.3 Å². The molecule has 0 atom stereocenters. The summed E-state index contributed by atoms with van der Waals surface area (Å²) in [5.74, 6) is 0.0995. The SMILES string of the molecule is [CH]C1=NCC(=O)N1. The van der Waals surface area contributed by atoms with Crippen molar-refractivity contribution >= 4 is 11.7 Å². The molecule has 0 aliphatic carbocycles. The van der Waals surface area contributed by atoms with Crippen LogP contribution in [0.1, 0.15) is 0 Å². The molecule has 0 aromatic carbocycles. The van der Waals surface area contributed by atoms with Crippen LogP contribution < -0.4 is 5.32 Å². The number of carbonyl (C=O) groups excluding carboxylic acids is 1. The second-order valence-electron chi connectivity index (χ2n) is 1.25. The van der Waals surface area contributed by atoms with Crippen LogP contribution in [0.2, 0.25) is 0 Å². The topological polar surface area (TPSA) is 41.5 Å². The summed E-state index contributed by atoms with van der Waals surface area (Å²) in [5.41, 5.74) is 0. The van der Waals surface area contributed by atoms with Crippen molar-refractivity contribution in [3.05, 3.63) is 6.92 Å². The molecule has 1 rings (SSSR count). The van der Waals surface area contributed by atoms with Gasteiger partial charge in [0.05, 0.1) is 0 Å². The van der Waals surface area contributed by atoms with Crippen molar-refractivity contribution in [2.75, 3.05) is 6.54 Å². The number of aliphatic imine (C=N–C) groups is 1. The van der Waals surface area contributed by atoms with Crippen LogP contribution in [-0.4, -0.2) is 18.3 Å². The average molecular weight is 96.1 g/mol. The van der Waals surface area contributed by atoms with Gasteiger partial charge in [-0.2, -0.15) is 0 Å². The van der Waals surface area contributed by atoms with Gasteiger partial charge in [-0.3, -0.25) is 9.79 Å². The van der Waals surface area contributed by atoms with Crippen LogP contribution in [0.4, 0.5) is 0 Å². The quantitative estimate of drug-likeness (QED) is 0.422. The number of rotatable bonds is 0. The van der Waals surface area contributed by atoms with Gasteiger partial charge in [-0.25, -0.2) is 0 Å². The Bertz CT molecular complexity index is 128. The molecule has 1 aliphatic rings. The lowest BCUT2D eigenvalue weighted by atomic mass is 10.6. The second kappa shape index (κ2) is 1.33.